The molecule has 5 nitrogen and oxygen atoms in total. The molecule has 0 unspecified atom stereocenters. The highest BCUT2D eigenvalue weighted by Gasteiger charge is 2.09. The van der Waals surface area contributed by atoms with Crippen LogP contribution in [0.5, 0.6) is 0 Å². The van der Waals surface area contributed by atoms with Crippen molar-refractivity contribution < 1.29 is 4.79 Å². The Labute approximate surface area is 115 Å². The zero-order chi connectivity index (χ0) is 14.1. The van der Waals surface area contributed by atoms with E-state index in [0.29, 0.717) is 13.1 Å². The molecule has 0 bridgehead atoms. The predicted molar refractivity (Wildman–Crippen MR) is 78.0 cm³/mol. The SMILES string of the molecule is CCCNc1ccnc(CN(CC)CC(=O)NC)c1. The molecule has 2 N–H and O–H groups in total. The lowest BCUT2D eigenvalue weighted by Gasteiger charge is -2.19. The van der Waals surface area contributed by atoms with Crippen LogP contribution in [0.3, 0.4) is 0 Å². The van der Waals surface area contributed by atoms with Crippen molar-refractivity contribution in [2.75, 3.05) is 32.0 Å². The van der Waals surface area contributed by atoms with Crippen LogP contribution >= 0.6 is 0 Å². The van der Waals surface area contributed by atoms with Gasteiger partial charge >= 0.3 is 0 Å². The normalized spacial score (nSPS) is 10.5. The second-order valence-electron chi connectivity index (χ2n) is 4.44. The van der Waals surface area contributed by atoms with Crippen LogP contribution in [0.1, 0.15) is 26.0 Å². The molecule has 1 amide bonds. The summed E-state index contributed by atoms with van der Waals surface area (Å²) in [7, 11) is 1.66. The van der Waals surface area contributed by atoms with Crippen LogP contribution in [-0.2, 0) is 11.3 Å². The molecule has 0 spiro atoms. The van der Waals surface area contributed by atoms with Crippen LogP contribution in [-0.4, -0.2) is 42.5 Å². The fourth-order valence-corrected chi connectivity index (χ4v) is 1.73. The summed E-state index contributed by atoms with van der Waals surface area (Å²) in [4.78, 5) is 17.8. The number of hydrogen-bond acceptors (Lipinski definition) is 4. The summed E-state index contributed by atoms with van der Waals surface area (Å²) in [6.45, 7) is 7.05. The second-order valence-corrected chi connectivity index (χ2v) is 4.44. The third-order valence-corrected chi connectivity index (χ3v) is 2.87. The summed E-state index contributed by atoms with van der Waals surface area (Å²) in [6.07, 6.45) is 2.90. The molecule has 5 heteroatoms. The monoisotopic (exact) mass is 264 g/mol. The Morgan fingerprint density at radius 3 is 2.84 bits per heavy atom. The van der Waals surface area contributed by atoms with Crippen LogP contribution in [0.15, 0.2) is 18.3 Å². The third-order valence-electron chi connectivity index (χ3n) is 2.87. The Hall–Kier alpha value is -1.62. The van der Waals surface area contributed by atoms with Crippen molar-refractivity contribution in [2.45, 2.75) is 26.8 Å². The maximum atomic E-state index is 11.4. The van der Waals surface area contributed by atoms with E-state index in [-0.39, 0.29) is 5.91 Å². The molecule has 0 aliphatic heterocycles. The zero-order valence-corrected chi connectivity index (χ0v) is 12.1. The topological polar surface area (TPSA) is 57.3 Å². The van der Waals surface area contributed by atoms with Gasteiger partial charge in [-0.25, -0.2) is 0 Å². The molecule has 0 aliphatic carbocycles. The highest BCUT2D eigenvalue weighted by atomic mass is 16.1. The summed E-state index contributed by atoms with van der Waals surface area (Å²) >= 11 is 0. The average molecular weight is 264 g/mol. The van der Waals surface area contributed by atoms with Crippen molar-refractivity contribution in [1.82, 2.24) is 15.2 Å². The van der Waals surface area contributed by atoms with Crippen molar-refractivity contribution >= 4 is 11.6 Å². The standard InChI is InChI=1S/C14H24N4O/c1-4-7-16-12-6-8-17-13(9-12)10-18(5-2)11-14(19)15-3/h6,8-9H,4-5,7,10-11H2,1-3H3,(H,15,19)(H,16,17). The minimum Gasteiger partial charge on any atom is -0.385 e. The molecule has 1 aromatic heterocycles. The largest absolute Gasteiger partial charge is 0.385 e. The molecule has 19 heavy (non-hydrogen) atoms. The first-order chi connectivity index (χ1) is 9.19. The van der Waals surface area contributed by atoms with Crippen LogP contribution in [0.4, 0.5) is 5.69 Å². The molecule has 0 atom stereocenters. The number of pyridine rings is 1. The molecule has 0 radical (unpaired) electrons. The van der Waals surface area contributed by atoms with Crippen LogP contribution in [0.2, 0.25) is 0 Å². The predicted octanol–water partition coefficient (Wildman–Crippen LogP) is 1.47. The minimum absolute atomic E-state index is 0.0297. The van der Waals surface area contributed by atoms with Gasteiger partial charge in [-0.1, -0.05) is 13.8 Å². The molecule has 0 saturated heterocycles. The Bertz CT molecular complexity index is 395. The fourth-order valence-electron chi connectivity index (χ4n) is 1.73. The van der Waals surface area contributed by atoms with E-state index in [4.69, 9.17) is 0 Å². The molecule has 0 aromatic carbocycles. The van der Waals surface area contributed by atoms with E-state index in [2.05, 4.69) is 27.4 Å². The van der Waals surface area contributed by atoms with Gasteiger partial charge in [-0.3, -0.25) is 14.7 Å². The Morgan fingerprint density at radius 1 is 1.42 bits per heavy atom. The molecule has 0 fully saturated rings. The average Bonchev–Trinajstić information content (AvgIpc) is 2.44. The Balaban J connectivity index is 2.60. The number of nitrogens with zero attached hydrogens (tertiary/aromatic N) is 2. The summed E-state index contributed by atoms with van der Waals surface area (Å²) in [5.74, 6) is 0.0297. The highest BCUT2D eigenvalue weighted by molar-refractivity contribution is 5.77. The van der Waals surface area contributed by atoms with Crippen molar-refractivity contribution in [1.29, 1.82) is 0 Å². The molecular formula is C14H24N4O. The smallest absolute Gasteiger partial charge is 0.233 e. The molecular weight excluding hydrogens is 240 g/mol. The van der Waals surface area contributed by atoms with Crippen LogP contribution < -0.4 is 10.6 Å². The summed E-state index contributed by atoms with van der Waals surface area (Å²) in [6, 6.07) is 4.01. The number of anilines is 1. The zero-order valence-electron chi connectivity index (χ0n) is 12.1. The van der Waals surface area contributed by atoms with Gasteiger partial charge < -0.3 is 10.6 Å². The number of likely N-dealkylation sites (N-methyl/N-ethyl adjacent to an activating group) is 2. The van der Waals surface area contributed by atoms with Gasteiger partial charge in [0.2, 0.25) is 5.91 Å². The summed E-state index contributed by atoms with van der Waals surface area (Å²) in [5.41, 5.74) is 2.06. The van der Waals surface area contributed by atoms with Crippen molar-refractivity contribution in [3.8, 4) is 0 Å². The minimum atomic E-state index is 0.0297. The molecule has 0 aliphatic rings. The molecule has 106 valence electrons. The maximum absolute atomic E-state index is 11.4. The van der Waals surface area contributed by atoms with Gasteiger partial charge in [0.25, 0.3) is 0 Å². The number of rotatable bonds is 8. The van der Waals surface area contributed by atoms with E-state index < -0.39 is 0 Å². The van der Waals surface area contributed by atoms with E-state index in [9.17, 15) is 4.79 Å². The first-order valence-corrected chi connectivity index (χ1v) is 6.81. The van der Waals surface area contributed by atoms with Gasteiger partial charge in [-0.05, 0) is 25.1 Å². The quantitative estimate of drug-likeness (QED) is 0.746. The number of amides is 1. The van der Waals surface area contributed by atoms with Crippen molar-refractivity contribution in [3.63, 3.8) is 0 Å². The summed E-state index contributed by atoms with van der Waals surface area (Å²) < 4.78 is 0. The molecule has 0 saturated carbocycles. The fraction of sp³-hybridized carbons (Fsp3) is 0.571. The number of aromatic nitrogens is 1. The summed E-state index contributed by atoms with van der Waals surface area (Å²) in [5, 5.41) is 5.98. The Morgan fingerprint density at radius 2 is 2.21 bits per heavy atom. The van der Waals surface area contributed by atoms with E-state index in [1.54, 1.807) is 13.2 Å². The Kier molecular flexibility index (Phi) is 6.89. The van der Waals surface area contributed by atoms with Gasteiger partial charge in [0.1, 0.15) is 0 Å². The number of carbonyl (C=O) groups excluding carboxylic acids is 1. The first kappa shape index (κ1) is 15.4. The molecule has 1 rings (SSSR count). The number of carbonyl (C=O) groups is 1. The molecule has 1 heterocycles. The third kappa shape index (κ3) is 5.70. The molecule has 1 aromatic rings. The van der Waals surface area contributed by atoms with Crippen LogP contribution in [0.25, 0.3) is 0 Å². The maximum Gasteiger partial charge on any atom is 0.233 e. The van der Waals surface area contributed by atoms with Crippen molar-refractivity contribution in [2.24, 2.45) is 0 Å². The van der Waals surface area contributed by atoms with Gasteiger partial charge in [-0.2, -0.15) is 0 Å². The van der Waals surface area contributed by atoms with Gasteiger partial charge in [0.15, 0.2) is 0 Å². The lowest BCUT2D eigenvalue weighted by Crippen LogP contribution is -2.35. The lowest BCUT2D eigenvalue weighted by molar-refractivity contribution is -0.121. The number of hydrogen-bond donors (Lipinski definition) is 2. The van der Waals surface area contributed by atoms with E-state index >= 15 is 0 Å². The lowest BCUT2D eigenvalue weighted by atomic mass is 10.3. The highest BCUT2D eigenvalue weighted by Crippen LogP contribution is 2.10. The van der Waals surface area contributed by atoms with Gasteiger partial charge in [0, 0.05) is 32.0 Å². The van der Waals surface area contributed by atoms with E-state index in [1.807, 2.05) is 19.1 Å². The van der Waals surface area contributed by atoms with Crippen LogP contribution in [0, 0.1) is 0 Å². The van der Waals surface area contributed by atoms with E-state index in [0.717, 1.165) is 30.9 Å². The first-order valence-electron chi connectivity index (χ1n) is 6.81. The second kappa shape index (κ2) is 8.48. The van der Waals surface area contributed by atoms with Gasteiger partial charge in [-0.15, -0.1) is 0 Å². The van der Waals surface area contributed by atoms with Gasteiger partial charge in [0.05, 0.1) is 12.2 Å². The van der Waals surface area contributed by atoms with E-state index in [1.165, 1.54) is 0 Å². The number of nitrogens with one attached hydrogen (secondary N) is 2. The van der Waals surface area contributed by atoms with Crippen molar-refractivity contribution in [3.05, 3.63) is 24.0 Å².